The first-order valence-electron chi connectivity index (χ1n) is 6.13. The lowest BCUT2D eigenvalue weighted by Crippen LogP contribution is -2.25. The van der Waals surface area contributed by atoms with E-state index in [1.807, 2.05) is 12.3 Å². The lowest BCUT2D eigenvalue weighted by Gasteiger charge is -2.24. The van der Waals surface area contributed by atoms with Crippen LogP contribution in [-0.2, 0) is 4.79 Å². The quantitative estimate of drug-likeness (QED) is 0.847. The molecule has 1 saturated heterocycles. The van der Waals surface area contributed by atoms with Crippen LogP contribution in [0.4, 0.5) is 0 Å². The minimum Gasteiger partial charge on any atom is -0.481 e. The molecule has 0 radical (unpaired) electrons. The molecule has 2 heterocycles. The molecule has 0 bridgehead atoms. The van der Waals surface area contributed by atoms with Gasteiger partial charge < -0.3 is 5.11 Å². The summed E-state index contributed by atoms with van der Waals surface area (Å²) in [5, 5.41) is 8.64. The topological polar surface area (TPSA) is 53.4 Å². The van der Waals surface area contributed by atoms with Crippen LogP contribution in [0.1, 0.15) is 37.3 Å². The van der Waals surface area contributed by atoms with Gasteiger partial charge in [0.2, 0.25) is 0 Å². The van der Waals surface area contributed by atoms with Gasteiger partial charge in [-0.15, -0.1) is 0 Å². The molecular formula is C13H18N2O2. The molecule has 1 aliphatic rings. The van der Waals surface area contributed by atoms with Crippen molar-refractivity contribution in [3.63, 3.8) is 0 Å². The van der Waals surface area contributed by atoms with Gasteiger partial charge in [0, 0.05) is 24.9 Å². The second-order valence-corrected chi connectivity index (χ2v) is 4.48. The van der Waals surface area contributed by atoms with Crippen molar-refractivity contribution in [2.24, 2.45) is 0 Å². The average Bonchev–Trinajstić information content (AvgIpc) is 2.78. The first-order valence-corrected chi connectivity index (χ1v) is 6.13. The molecule has 1 atom stereocenters. The third-order valence-corrected chi connectivity index (χ3v) is 3.27. The Morgan fingerprint density at radius 1 is 1.59 bits per heavy atom. The highest BCUT2D eigenvalue weighted by Crippen LogP contribution is 2.31. The maximum atomic E-state index is 10.5. The summed E-state index contributed by atoms with van der Waals surface area (Å²) in [6.07, 6.45) is 7.03. The van der Waals surface area contributed by atoms with Crippen LogP contribution >= 0.6 is 0 Å². The van der Waals surface area contributed by atoms with Gasteiger partial charge in [0.05, 0.1) is 0 Å². The predicted octanol–water partition coefficient (Wildman–Crippen LogP) is 2.08. The molecule has 0 aromatic carbocycles. The highest BCUT2D eigenvalue weighted by molar-refractivity contribution is 5.66. The fourth-order valence-electron chi connectivity index (χ4n) is 2.48. The van der Waals surface area contributed by atoms with Crippen LogP contribution in [0.2, 0.25) is 0 Å². The van der Waals surface area contributed by atoms with Gasteiger partial charge in [-0.05, 0) is 44.0 Å². The highest BCUT2D eigenvalue weighted by atomic mass is 16.4. The summed E-state index contributed by atoms with van der Waals surface area (Å²) in [5.74, 6) is -0.706. The molecule has 0 saturated carbocycles. The number of pyridine rings is 1. The third kappa shape index (κ3) is 3.27. The van der Waals surface area contributed by atoms with E-state index in [0.717, 1.165) is 25.9 Å². The van der Waals surface area contributed by atoms with Gasteiger partial charge in [0.1, 0.15) is 0 Å². The Hall–Kier alpha value is -1.42. The molecule has 4 heteroatoms. The summed E-state index contributed by atoms with van der Waals surface area (Å²) < 4.78 is 0. The summed E-state index contributed by atoms with van der Waals surface area (Å²) in [5.41, 5.74) is 1.25. The van der Waals surface area contributed by atoms with Crippen molar-refractivity contribution in [1.82, 2.24) is 9.88 Å². The van der Waals surface area contributed by atoms with Crippen LogP contribution in [0.5, 0.6) is 0 Å². The molecule has 1 aromatic heterocycles. The largest absolute Gasteiger partial charge is 0.481 e. The summed E-state index contributed by atoms with van der Waals surface area (Å²) in [6.45, 7) is 1.94. The zero-order valence-electron chi connectivity index (χ0n) is 9.88. The van der Waals surface area contributed by atoms with E-state index in [0.29, 0.717) is 6.04 Å². The van der Waals surface area contributed by atoms with Gasteiger partial charge in [-0.25, -0.2) is 0 Å². The fraction of sp³-hybridized carbons (Fsp3) is 0.538. The van der Waals surface area contributed by atoms with Gasteiger partial charge >= 0.3 is 5.97 Å². The van der Waals surface area contributed by atoms with E-state index < -0.39 is 5.97 Å². The van der Waals surface area contributed by atoms with Crippen molar-refractivity contribution < 1.29 is 9.90 Å². The summed E-state index contributed by atoms with van der Waals surface area (Å²) in [4.78, 5) is 17.0. The Kier molecular flexibility index (Phi) is 4.09. The normalized spacial score (nSPS) is 20.6. The first kappa shape index (κ1) is 12.0. The van der Waals surface area contributed by atoms with Gasteiger partial charge in [0.15, 0.2) is 0 Å². The summed E-state index contributed by atoms with van der Waals surface area (Å²) in [7, 11) is 0. The Labute approximate surface area is 101 Å². The number of aliphatic carboxylic acids is 1. The van der Waals surface area contributed by atoms with Crippen molar-refractivity contribution in [3.8, 4) is 0 Å². The highest BCUT2D eigenvalue weighted by Gasteiger charge is 2.25. The van der Waals surface area contributed by atoms with Crippen LogP contribution in [0, 0.1) is 0 Å². The van der Waals surface area contributed by atoms with E-state index in [2.05, 4.69) is 16.0 Å². The van der Waals surface area contributed by atoms with E-state index in [9.17, 15) is 4.79 Å². The standard InChI is InChI=1S/C13H18N2O2/c16-13(17)6-3-9-15-8-2-5-12(15)11-4-1-7-14-10-11/h1,4,7,10,12H,2-3,5-6,8-9H2,(H,16,17). The molecule has 1 aromatic rings. The zero-order valence-corrected chi connectivity index (χ0v) is 9.88. The van der Waals surface area contributed by atoms with Gasteiger partial charge in [0.25, 0.3) is 0 Å². The summed E-state index contributed by atoms with van der Waals surface area (Å²) in [6, 6.07) is 4.49. The lowest BCUT2D eigenvalue weighted by molar-refractivity contribution is -0.137. The van der Waals surface area contributed by atoms with Gasteiger partial charge in [-0.1, -0.05) is 6.07 Å². The predicted molar refractivity (Wildman–Crippen MR) is 64.7 cm³/mol. The molecule has 1 aliphatic heterocycles. The molecule has 0 amide bonds. The van der Waals surface area contributed by atoms with Crippen LogP contribution in [0.25, 0.3) is 0 Å². The molecule has 92 valence electrons. The Balaban J connectivity index is 1.91. The van der Waals surface area contributed by atoms with Crippen LogP contribution in [0.15, 0.2) is 24.5 Å². The second kappa shape index (κ2) is 5.77. The molecule has 1 fully saturated rings. The van der Waals surface area contributed by atoms with E-state index in [4.69, 9.17) is 5.11 Å². The monoisotopic (exact) mass is 234 g/mol. The van der Waals surface area contributed by atoms with E-state index in [1.54, 1.807) is 6.20 Å². The fourth-order valence-corrected chi connectivity index (χ4v) is 2.48. The van der Waals surface area contributed by atoms with Crippen LogP contribution < -0.4 is 0 Å². The molecule has 2 rings (SSSR count). The van der Waals surface area contributed by atoms with E-state index in [-0.39, 0.29) is 6.42 Å². The smallest absolute Gasteiger partial charge is 0.303 e. The molecule has 1 N–H and O–H groups in total. The number of carbonyl (C=O) groups is 1. The number of rotatable bonds is 5. The number of aromatic nitrogens is 1. The zero-order chi connectivity index (χ0) is 12.1. The molecule has 0 spiro atoms. The lowest BCUT2D eigenvalue weighted by atomic mass is 10.1. The molecule has 1 unspecified atom stereocenters. The second-order valence-electron chi connectivity index (χ2n) is 4.48. The molecular weight excluding hydrogens is 216 g/mol. The average molecular weight is 234 g/mol. The van der Waals surface area contributed by atoms with E-state index in [1.165, 1.54) is 12.0 Å². The minimum absolute atomic E-state index is 0.260. The van der Waals surface area contributed by atoms with Crippen molar-refractivity contribution in [2.75, 3.05) is 13.1 Å². The first-order chi connectivity index (χ1) is 8.27. The Bertz CT molecular complexity index is 367. The maximum absolute atomic E-state index is 10.5. The van der Waals surface area contributed by atoms with Gasteiger partial charge in [-0.2, -0.15) is 0 Å². The van der Waals surface area contributed by atoms with Crippen LogP contribution in [-0.4, -0.2) is 34.0 Å². The van der Waals surface area contributed by atoms with Crippen molar-refractivity contribution >= 4 is 5.97 Å². The van der Waals surface area contributed by atoms with Crippen molar-refractivity contribution in [3.05, 3.63) is 30.1 Å². The Morgan fingerprint density at radius 2 is 2.47 bits per heavy atom. The van der Waals surface area contributed by atoms with Crippen molar-refractivity contribution in [2.45, 2.75) is 31.7 Å². The van der Waals surface area contributed by atoms with E-state index >= 15 is 0 Å². The Morgan fingerprint density at radius 3 is 3.18 bits per heavy atom. The van der Waals surface area contributed by atoms with Crippen molar-refractivity contribution in [1.29, 1.82) is 0 Å². The maximum Gasteiger partial charge on any atom is 0.303 e. The van der Waals surface area contributed by atoms with Crippen LogP contribution in [0.3, 0.4) is 0 Å². The SMILES string of the molecule is O=C(O)CCCN1CCCC1c1cccnc1. The number of likely N-dealkylation sites (tertiary alicyclic amines) is 1. The number of hydrogen-bond acceptors (Lipinski definition) is 3. The number of carboxylic acid groups (broad SMARTS) is 1. The number of nitrogens with zero attached hydrogens (tertiary/aromatic N) is 2. The summed E-state index contributed by atoms with van der Waals surface area (Å²) >= 11 is 0. The minimum atomic E-state index is -0.706. The number of hydrogen-bond donors (Lipinski definition) is 1. The number of carboxylic acids is 1. The molecule has 0 aliphatic carbocycles. The third-order valence-electron chi connectivity index (χ3n) is 3.27. The molecule has 17 heavy (non-hydrogen) atoms. The molecule has 4 nitrogen and oxygen atoms in total. The van der Waals surface area contributed by atoms with Gasteiger partial charge in [-0.3, -0.25) is 14.7 Å².